The number of carboxylic acids is 1. The average Bonchev–Trinajstić information content (AvgIpc) is 3.02. The minimum Gasteiger partial charge on any atom is -0.481 e. The highest BCUT2D eigenvalue weighted by Gasteiger charge is 2.30. The van der Waals surface area contributed by atoms with Crippen molar-refractivity contribution in [3.63, 3.8) is 0 Å². The van der Waals surface area contributed by atoms with Gasteiger partial charge >= 0.3 is 5.97 Å². The Morgan fingerprint density at radius 1 is 1.53 bits per heavy atom. The van der Waals surface area contributed by atoms with E-state index >= 15 is 0 Å². The van der Waals surface area contributed by atoms with Crippen molar-refractivity contribution in [3.05, 3.63) is 15.9 Å². The summed E-state index contributed by atoms with van der Waals surface area (Å²) in [5, 5.41) is 17.8. The number of carbonyl (C=O) groups excluding carboxylic acids is 1. The molecular formula is C10H12BrN3O3. The van der Waals surface area contributed by atoms with Gasteiger partial charge in [0, 0.05) is 12.5 Å². The first-order valence-corrected chi connectivity index (χ1v) is 6.12. The molecule has 1 aliphatic rings. The first kappa shape index (κ1) is 12.1. The summed E-state index contributed by atoms with van der Waals surface area (Å²) in [5.41, 5.74) is 1.24. The zero-order valence-corrected chi connectivity index (χ0v) is 10.6. The van der Waals surface area contributed by atoms with Gasteiger partial charge in [0.2, 0.25) is 0 Å². The largest absolute Gasteiger partial charge is 0.481 e. The number of aliphatic carboxylic acids is 1. The quantitative estimate of drug-likeness (QED) is 0.763. The van der Waals surface area contributed by atoms with Gasteiger partial charge in [0.25, 0.3) is 5.91 Å². The van der Waals surface area contributed by atoms with E-state index in [1.807, 2.05) is 0 Å². The molecule has 0 unspecified atom stereocenters. The summed E-state index contributed by atoms with van der Waals surface area (Å²) in [5.74, 6) is -0.830. The number of carboxylic acid groups (broad SMARTS) is 1. The number of hydrogen-bond acceptors (Lipinski definition) is 3. The minimum absolute atomic E-state index is 0.0940. The molecule has 1 aromatic rings. The van der Waals surface area contributed by atoms with Crippen LogP contribution in [0.4, 0.5) is 0 Å². The van der Waals surface area contributed by atoms with Crippen molar-refractivity contribution in [3.8, 4) is 0 Å². The molecule has 0 bridgehead atoms. The molecule has 1 aromatic heterocycles. The monoisotopic (exact) mass is 301 g/mol. The molecule has 0 aromatic carbocycles. The van der Waals surface area contributed by atoms with E-state index in [2.05, 4.69) is 31.4 Å². The number of H-pyrrole nitrogens is 1. The van der Waals surface area contributed by atoms with Gasteiger partial charge in [0.05, 0.1) is 16.6 Å². The number of halogens is 1. The van der Waals surface area contributed by atoms with Gasteiger partial charge in [0.1, 0.15) is 0 Å². The number of aromatic amines is 1. The predicted octanol–water partition coefficient (Wildman–Crippen LogP) is 1.25. The Labute approximate surface area is 106 Å². The van der Waals surface area contributed by atoms with Gasteiger partial charge in [-0.05, 0) is 28.8 Å². The number of amides is 1. The molecule has 0 spiro atoms. The highest BCUT2D eigenvalue weighted by molar-refractivity contribution is 9.10. The predicted molar refractivity (Wildman–Crippen MR) is 62.8 cm³/mol. The summed E-state index contributed by atoms with van der Waals surface area (Å²) >= 11 is 3.34. The molecule has 2 rings (SSSR count). The van der Waals surface area contributed by atoms with Crippen LogP contribution >= 0.6 is 15.9 Å². The summed E-state index contributed by atoms with van der Waals surface area (Å²) < 4.78 is 0.688. The van der Waals surface area contributed by atoms with Crippen molar-refractivity contribution in [1.29, 1.82) is 0 Å². The average molecular weight is 302 g/mol. The van der Waals surface area contributed by atoms with Gasteiger partial charge in [-0.2, -0.15) is 5.10 Å². The molecule has 92 valence electrons. The van der Waals surface area contributed by atoms with Gasteiger partial charge in [-0.15, -0.1) is 0 Å². The molecule has 1 fully saturated rings. The molecule has 0 atom stereocenters. The Bertz CT molecular complexity index is 454. The van der Waals surface area contributed by atoms with Gasteiger partial charge in [0.15, 0.2) is 5.69 Å². The van der Waals surface area contributed by atoms with Crippen LogP contribution in [-0.2, 0) is 4.79 Å². The minimum atomic E-state index is -0.940. The van der Waals surface area contributed by atoms with Crippen LogP contribution in [0.3, 0.4) is 0 Å². The Morgan fingerprint density at radius 3 is 2.82 bits per heavy atom. The Kier molecular flexibility index (Phi) is 3.46. The van der Waals surface area contributed by atoms with Crippen LogP contribution in [-0.4, -0.2) is 33.7 Å². The topological polar surface area (TPSA) is 95.1 Å². The Morgan fingerprint density at radius 2 is 2.24 bits per heavy atom. The third-order valence-corrected chi connectivity index (χ3v) is 3.36. The molecule has 17 heavy (non-hydrogen) atoms. The van der Waals surface area contributed by atoms with E-state index in [-0.39, 0.29) is 24.6 Å². The lowest BCUT2D eigenvalue weighted by Gasteiger charge is -2.00. The van der Waals surface area contributed by atoms with Crippen LogP contribution < -0.4 is 5.32 Å². The molecule has 1 heterocycles. The summed E-state index contributed by atoms with van der Waals surface area (Å²) in [7, 11) is 0. The van der Waals surface area contributed by atoms with Gasteiger partial charge in [-0.1, -0.05) is 0 Å². The second-order valence-corrected chi connectivity index (χ2v) is 4.77. The van der Waals surface area contributed by atoms with Crippen molar-refractivity contribution in [2.24, 2.45) is 0 Å². The number of hydrogen-bond donors (Lipinski definition) is 3. The van der Waals surface area contributed by atoms with Crippen molar-refractivity contribution >= 4 is 27.8 Å². The molecule has 0 aliphatic heterocycles. The fourth-order valence-electron chi connectivity index (χ4n) is 1.50. The smallest absolute Gasteiger partial charge is 0.305 e. The van der Waals surface area contributed by atoms with Gasteiger partial charge in [-0.3, -0.25) is 14.7 Å². The fraction of sp³-hybridized carbons (Fsp3) is 0.500. The maximum atomic E-state index is 11.7. The molecule has 6 nitrogen and oxygen atoms in total. The van der Waals surface area contributed by atoms with E-state index in [9.17, 15) is 9.59 Å². The summed E-state index contributed by atoms with van der Waals surface area (Å²) in [6, 6.07) is 0. The number of rotatable bonds is 5. The van der Waals surface area contributed by atoms with Crippen molar-refractivity contribution < 1.29 is 14.7 Å². The second-order valence-electron chi connectivity index (χ2n) is 3.97. The number of nitrogens with zero attached hydrogens (tertiary/aromatic N) is 1. The van der Waals surface area contributed by atoms with Crippen molar-refractivity contribution in [2.45, 2.75) is 25.2 Å². The zero-order chi connectivity index (χ0) is 12.4. The summed E-state index contributed by atoms with van der Waals surface area (Å²) in [4.78, 5) is 22.0. The van der Waals surface area contributed by atoms with Crippen LogP contribution in [0.15, 0.2) is 4.47 Å². The van der Waals surface area contributed by atoms with E-state index < -0.39 is 5.97 Å². The standard InChI is InChI=1S/C10H12BrN3O3/c11-7-8(5-1-2-5)13-14-9(7)10(17)12-4-3-6(15)16/h5H,1-4H2,(H,12,17)(H,13,14)(H,15,16). The summed E-state index contributed by atoms with van der Waals surface area (Å²) in [6.45, 7) is 0.103. The van der Waals surface area contributed by atoms with E-state index in [0.717, 1.165) is 18.5 Å². The first-order valence-electron chi connectivity index (χ1n) is 5.33. The maximum Gasteiger partial charge on any atom is 0.305 e. The number of carbonyl (C=O) groups is 2. The molecular weight excluding hydrogens is 290 g/mol. The van der Waals surface area contributed by atoms with E-state index in [1.54, 1.807) is 0 Å². The van der Waals surface area contributed by atoms with E-state index in [4.69, 9.17) is 5.11 Å². The van der Waals surface area contributed by atoms with Crippen molar-refractivity contribution in [2.75, 3.05) is 6.54 Å². The highest BCUT2D eigenvalue weighted by Crippen LogP contribution is 2.42. The summed E-state index contributed by atoms with van der Waals surface area (Å²) in [6.07, 6.45) is 2.13. The Balaban J connectivity index is 1.96. The SMILES string of the molecule is O=C(O)CCNC(=O)c1n[nH]c(C2CC2)c1Br. The van der Waals surface area contributed by atoms with Crippen LogP contribution in [0, 0.1) is 0 Å². The molecule has 0 radical (unpaired) electrons. The van der Waals surface area contributed by atoms with Crippen LogP contribution in [0.25, 0.3) is 0 Å². The number of nitrogens with one attached hydrogen (secondary N) is 2. The molecule has 3 N–H and O–H groups in total. The highest BCUT2D eigenvalue weighted by atomic mass is 79.9. The lowest BCUT2D eigenvalue weighted by atomic mass is 10.2. The molecule has 1 saturated carbocycles. The van der Waals surface area contributed by atoms with Crippen LogP contribution in [0.2, 0.25) is 0 Å². The van der Waals surface area contributed by atoms with Crippen LogP contribution in [0.5, 0.6) is 0 Å². The van der Waals surface area contributed by atoms with Gasteiger partial charge < -0.3 is 10.4 Å². The van der Waals surface area contributed by atoms with E-state index in [1.165, 1.54) is 0 Å². The third-order valence-electron chi connectivity index (χ3n) is 2.56. The second kappa shape index (κ2) is 4.87. The fourth-order valence-corrected chi connectivity index (χ4v) is 2.18. The van der Waals surface area contributed by atoms with Gasteiger partial charge in [-0.25, -0.2) is 0 Å². The maximum absolute atomic E-state index is 11.7. The number of aromatic nitrogens is 2. The third kappa shape index (κ3) is 2.85. The molecule has 1 amide bonds. The van der Waals surface area contributed by atoms with Crippen LogP contribution in [0.1, 0.15) is 41.4 Å². The lowest BCUT2D eigenvalue weighted by molar-refractivity contribution is -0.136. The first-order chi connectivity index (χ1) is 8.09. The Hall–Kier alpha value is -1.37. The molecule has 7 heteroatoms. The van der Waals surface area contributed by atoms with E-state index in [0.29, 0.717) is 10.4 Å². The zero-order valence-electron chi connectivity index (χ0n) is 8.99. The molecule has 1 aliphatic carbocycles. The lowest BCUT2D eigenvalue weighted by Crippen LogP contribution is -2.26. The molecule has 0 saturated heterocycles. The van der Waals surface area contributed by atoms with Crippen molar-refractivity contribution in [1.82, 2.24) is 15.5 Å². The normalized spacial score (nSPS) is 14.6.